The van der Waals surface area contributed by atoms with Gasteiger partial charge in [-0.2, -0.15) is 0 Å². The highest BCUT2D eigenvalue weighted by molar-refractivity contribution is 5.91. The van der Waals surface area contributed by atoms with Crippen LogP contribution < -0.4 is 5.32 Å². The molecule has 2 rings (SSSR count). The van der Waals surface area contributed by atoms with Crippen molar-refractivity contribution >= 4 is 23.6 Å². The zero-order valence-electron chi connectivity index (χ0n) is 14.3. The number of nitro groups is 1. The highest BCUT2D eigenvalue weighted by atomic mass is 16.6. The Morgan fingerprint density at radius 3 is 1.88 bits per heavy atom. The number of carbonyl (C=O) groups excluding carboxylic acids is 3. The number of esters is 3. The molecule has 1 N–H and O–H groups in total. The number of rotatable bonds is 5. The Hall–Kier alpha value is -3.01. The summed E-state index contributed by atoms with van der Waals surface area (Å²) < 4.78 is 14.2. The lowest BCUT2D eigenvalue weighted by Crippen LogP contribution is -2.42. The van der Waals surface area contributed by atoms with Gasteiger partial charge in [0.1, 0.15) is 6.04 Å². The largest absolute Gasteiger partial charge is 0.469 e. The Balaban J connectivity index is 2.48. The molecule has 140 valence electrons. The second kappa shape index (κ2) is 7.91. The fourth-order valence-corrected chi connectivity index (χ4v) is 3.10. The van der Waals surface area contributed by atoms with Gasteiger partial charge in [-0.05, 0) is 5.56 Å². The topological polar surface area (TPSA) is 134 Å². The molecule has 0 amide bonds. The third-order valence-corrected chi connectivity index (χ3v) is 4.33. The zero-order valence-corrected chi connectivity index (χ0v) is 14.3. The van der Waals surface area contributed by atoms with Crippen molar-refractivity contribution in [1.29, 1.82) is 0 Å². The van der Waals surface area contributed by atoms with Crippen LogP contribution in [0.25, 0.3) is 0 Å². The SMILES string of the molecule is COC(=O)[C@@H]1[C@H](C(=O)OC)[C@H](C(=O)OC)N[C@@H]1c1ccc([N+](=O)[O-])cc1. The number of benzene rings is 1. The Morgan fingerprint density at radius 2 is 1.42 bits per heavy atom. The number of ether oxygens (including phenoxy) is 3. The van der Waals surface area contributed by atoms with E-state index in [1.54, 1.807) is 0 Å². The van der Waals surface area contributed by atoms with Crippen LogP contribution in [0.15, 0.2) is 24.3 Å². The van der Waals surface area contributed by atoms with Crippen LogP contribution >= 0.6 is 0 Å². The lowest BCUT2D eigenvalue weighted by molar-refractivity contribution is -0.384. The van der Waals surface area contributed by atoms with Crippen molar-refractivity contribution < 1.29 is 33.5 Å². The molecule has 1 aliphatic heterocycles. The summed E-state index contributed by atoms with van der Waals surface area (Å²) in [7, 11) is 3.46. The standard InChI is InChI=1S/C16H18N2O8/c1-24-14(19)10-11(15(20)25-2)13(16(21)26-3)17-12(10)8-4-6-9(7-5-8)18(22)23/h4-7,10-13,17H,1-3H3/t10-,11+,12-,13-/m1/s1. The predicted octanol–water partition coefficient (Wildman–Crippen LogP) is 0.359. The summed E-state index contributed by atoms with van der Waals surface area (Å²) in [6.07, 6.45) is 0. The summed E-state index contributed by atoms with van der Waals surface area (Å²) >= 11 is 0. The second-order valence-corrected chi connectivity index (χ2v) is 5.59. The Bertz CT molecular complexity index is 717. The van der Waals surface area contributed by atoms with E-state index in [9.17, 15) is 24.5 Å². The van der Waals surface area contributed by atoms with Crippen LogP contribution in [-0.4, -0.2) is 50.2 Å². The molecular weight excluding hydrogens is 348 g/mol. The fraction of sp³-hybridized carbons (Fsp3) is 0.438. The van der Waals surface area contributed by atoms with Gasteiger partial charge in [0, 0.05) is 18.2 Å². The van der Waals surface area contributed by atoms with E-state index in [1.165, 1.54) is 24.3 Å². The van der Waals surface area contributed by atoms with Crippen molar-refractivity contribution in [2.75, 3.05) is 21.3 Å². The first-order chi connectivity index (χ1) is 12.3. The average Bonchev–Trinajstić information content (AvgIpc) is 3.06. The molecule has 26 heavy (non-hydrogen) atoms. The molecule has 1 aromatic carbocycles. The van der Waals surface area contributed by atoms with Crippen molar-refractivity contribution in [3.05, 3.63) is 39.9 Å². The minimum atomic E-state index is -1.17. The van der Waals surface area contributed by atoms with Gasteiger partial charge in [0.15, 0.2) is 0 Å². The van der Waals surface area contributed by atoms with E-state index in [0.717, 1.165) is 21.3 Å². The van der Waals surface area contributed by atoms with Gasteiger partial charge in [0.2, 0.25) is 0 Å². The lowest BCUT2D eigenvalue weighted by Gasteiger charge is -2.21. The molecule has 0 spiro atoms. The van der Waals surface area contributed by atoms with Gasteiger partial charge in [-0.25, -0.2) is 0 Å². The molecule has 1 aliphatic rings. The number of nitro benzene ring substituents is 1. The number of methoxy groups -OCH3 is 3. The molecule has 0 saturated carbocycles. The first-order valence-corrected chi connectivity index (χ1v) is 7.59. The van der Waals surface area contributed by atoms with Crippen LogP contribution in [0.1, 0.15) is 11.6 Å². The third-order valence-electron chi connectivity index (χ3n) is 4.33. The van der Waals surface area contributed by atoms with Crippen molar-refractivity contribution in [2.24, 2.45) is 11.8 Å². The van der Waals surface area contributed by atoms with E-state index in [1.807, 2.05) is 0 Å². The minimum absolute atomic E-state index is 0.129. The predicted molar refractivity (Wildman–Crippen MR) is 85.8 cm³/mol. The molecule has 0 unspecified atom stereocenters. The summed E-state index contributed by atoms with van der Waals surface area (Å²) in [6, 6.07) is 3.50. The van der Waals surface area contributed by atoms with E-state index in [2.05, 4.69) is 5.32 Å². The maximum atomic E-state index is 12.3. The third kappa shape index (κ3) is 3.49. The molecule has 1 fully saturated rings. The van der Waals surface area contributed by atoms with Gasteiger partial charge in [-0.3, -0.25) is 29.8 Å². The van der Waals surface area contributed by atoms with Crippen molar-refractivity contribution in [1.82, 2.24) is 5.32 Å². The molecule has 10 nitrogen and oxygen atoms in total. The van der Waals surface area contributed by atoms with E-state index in [4.69, 9.17) is 14.2 Å². The maximum Gasteiger partial charge on any atom is 0.323 e. The van der Waals surface area contributed by atoms with E-state index in [0.29, 0.717) is 5.56 Å². The Labute approximate surface area is 148 Å². The molecule has 10 heteroatoms. The minimum Gasteiger partial charge on any atom is -0.469 e. The monoisotopic (exact) mass is 366 g/mol. The smallest absolute Gasteiger partial charge is 0.323 e. The number of carbonyl (C=O) groups is 3. The molecule has 0 aliphatic carbocycles. The quantitative estimate of drug-likeness (QED) is 0.339. The Kier molecular flexibility index (Phi) is 5.88. The van der Waals surface area contributed by atoms with Crippen LogP contribution in [0.3, 0.4) is 0 Å². The number of hydrogen-bond donors (Lipinski definition) is 1. The van der Waals surface area contributed by atoms with E-state index >= 15 is 0 Å². The molecule has 1 saturated heterocycles. The van der Waals surface area contributed by atoms with Crippen molar-refractivity contribution in [3.8, 4) is 0 Å². The van der Waals surface area contributed by atoms with Crippen LogP contribution in [0.5, 0.6) is 0 Å². The van der Waals surface area contributed by atoms with Gasteiger partial charge in [0.05, 0.1) is 38.1 Å². The van der Waals surface area contributed by atoms with E-state index < -0.39 is 46.8 Å². The normalized spacial score (nSPS) is 24.6. The van der Waals surface area contributed by atoms with E-state index in [-0.39, 0.29) is 5.69 Å². The maximum absolute atomic E-state index is 12.3. The average molecular weight is 366 g/mol. The van der Waals surface area contributed by atoms with Crippen LogP contribution in [0.2, 0.25) is 0 Å². The lowest BCUT2D eigenvalue weighted by atomic mass is 9.84. The number of hydrogen-bond acceptors (Lipinski definition) is 9. The number of nitrogens with zero attached hydrogens (tertiary/aromatic N) is 1. The molecule has 1 heterocycles. The van der Waals surface area contributed by atoms with Crippen LogP contribution in [0.4, 0.5) is 5.69 Å². The summed E-state index contributed by atoms with van der Waals surface area (Å²) in [4.78, 5) is 46.9. The number of non-ortho nitro benzene ring substituents is 1. The van der Waals surface area contributed by atoms with Crippen LogP contribution in [-0.2, 0) is 28.6 Å². The van der Waals surface area contributed by atoms with Crippen molar-refractivity contribution in [2.45, 2.75) is 12.1 Å². The molecule has 0 radical (unpaired) electrons. The summed E-state index contributed by atoms with van der Waals surface area (Å²) in [5, 5.41) is 13.7. The highest BCUT2D eigenvalue weighted by Gasteiger charge is 2.55. The van der Waals surface area contributed by atoms with Crippen LogP contribution in [0, 0.1) is 22.0 Å². The molecule has 4 atom stereocenters. The van der Waals surface area contributed by atoms with Gasteiger partial charge < -0.3 is 14.2 Å². The summed E-state index contributed by atoms with van der Waals surface area (Å²) in [5.74, 6) is -4.47. The van der Waals surface area contributed by atoms with Gasteiger partial charge in [-0.1, -0.05) is 12.1 Å². The Morgan fingerprint density at radius 1 is 0.923 bits per heavy atom. The summed E-state index contributed by atoms with van der Waals surface area (Å²) in [5.41, 5.74) is 0.349. The second-order valence-electron chi connectivity index (χ2n) is 5.59. The number of nitrogens with one attached hydrogen (secondary N) is 1. The van der Waals surface area contributed by atoms with Crippen molar-refractivity contribution in [3.63, 3.8) is 0 Å². The first kappa shape index (κ1) is 19.3. The molecule has 0 bridgehead atoms. The molecular formula is C16H18N2O8. The summed E-state index contributed by atoms with van der Waals surface area (Å²) in [6.45, 7) is 0. The van der Waals surface area contributed by atoms with Gasteiger partial charge in [-0.15, -0.1) is 0 Å². The molecule has 1 aromatic rings. The fourth-order valence-electron chi connectivity index (χ4n) is 3.10. The zero-order chi connectivity index (χ0) is 19.4. The first-order valence-electron chi connectivity index (χ1n) is 7.59. The van der Waals surface area contributed by atoms with Gasteiger partial charge in [0.25, 0.3) is 5.69 Å². The molecule has 0 aromatic heterocycles. The van der Waals surface area contributed by atoms with Gasteiger partial charge >= 0.3 is 17.9 Å². The highest BCUT2D eigenvalue weighted by Crippen LogP contribution is 2.39.